The van der Waals surface area contributed by atoms with Crippen molar-refractivity contribution in [3.8, 4) is 11.4 Å². The predicted octanol–water partition coefficient (Wildman–Crippen LogP) is 5.16. The quantitative estimate of drug-likeness (QED) is 0.408. The number of aromatic nitrogens is 3. The number of aromatic amines is 1. The zero-order valence-corrected chi connectivity index (χ0v) is 17.9. The van der Waals surface area contributed by atoms with Crippen LogP contribution in [0.2, 0.25) is 0 Å². The molecule has 3 aromatic carbocycles. The lowest BCUT2D eigenvalue weighted by Gasteiger charge is -2.16. The second-order valence-electron chi connectivity index (χ2n) is 7.16. The number of hydrogen-bond donors (Lipinski definition) is 2. The third kappa shape index (κ3) is 4.54. The van der Waals surface area contributed by atoms with Gasteiger partial charge < -0.3 is 5.32 Å². The Balaban J connectivity index is 1.36. The van der Waals surface area contributed by atoms with Crippen molar-refractivity contribution in [3.63, 3.8) is 0 Å². The summed E-state index contributed by atoms with van der Waals surface area (Å²) in [5.41, 5.74) is 3.38. The summed E-state index contributed by atoms with van der Waals surface area (Å²) in [6.07, 6.45) is 1.00. The molecule has 0 aliphatic heterocycles. The van der Waals surface area contributed by atoms with Gasteiger partial charge in [-0.15, -0.1) is 5.10 Å². The smallest absolute Gasteiger partial charge is 0.230 e. The molecule has 6 heteroatoms. The highest BCUT2D eigenvalue weighted by molar-refractivity contribution is 7.99. The molecule has 0 saturated heterocycles. The van der Waals surface area contributed by atoms with Crippen molar-refractivity contribution in [2.75, 3.05) is 5.75 Å². The molecule has 2 N–H and O–H groups in total. The van der Waals surface area contributed by atoms with E-state index in [1.54, 1.807) is 0 Å². The molecule has 1 amide bonds. The summed E-state index contributed by atoms with van der Waals surface area (Å²) in [7, 11) is 0. The number of aryl methyl sites for hydroxylation is 1. The summed E-state index contributed by atoms with van der Waals surface area (Å²) in [6.45, 7) is 4.14. The minimum atomic E-state index is -0.0796. The zero-order valence-electron chi connectivity index (χ0n) is 17.1. The van der Waals surface area contributed by atoms with Gasteiger partial charge in [-0.05, 0) is 35.2 Å². The third-order valence-electron chi connectivity index (χ3n) is 5.10. The second-order valence-corrected chi connectivity index (χ2v) is 8.11. The molecule has 1 atom stereocenters. The van der Waals surface area contributed by atoms with Gasteiger partial charge in [0.1, 0.15) is 0 Å². The lowest BCUT2D eigenvalue weighted by molar-refractivity contribution is -0.119. The Hall–Kier alpha value is -3.12. The number of fused-ring (bicyclic) bond motifs is 1. The number of benzene rings is 3. The molecule has 0 unspecified atom stereocenters. The summed E-state index contributed by atoms with van der Waals surface area (Å²) in [4.78, 5) is 17.0. The number of nitrogens with one attached hydrogen (secondary N) is 2. The van der Waals surface area contributed by atoms with Crippen molar-refractivity contribution in [1.29, 1.82) is 0 Å². The summed E-state index contributed by atoms with van der Waals surface area (Å²) < 4.78 is 0. The van der Waals surface area contributed by atoms with Crippen LogP contribution in [0.4, 0.5) is 0 Å². The average Bonchev–Trinajstić information content (AvgIpc) is 3.26. The fourth-order valence-corrected chi connectivity index (χ4v) is 4.07. The van der Waals surface area contributed by atoms with Crippen LogP contribution in [0.5, 0.6) is 0 Å². The highest BCUT2D eigenvalue weighted by Crippen LogP contribution is 2.24. The van der Waals surface area contributed by atoms with Gasteiger partial charge in [0.15, 0.2) is 5.82 Å². The van der Waals surface area contributed by atoms with E-state index in [0.717, 1.165) is 22.9 Å². The van der Waals surface area contributed by atoms with E-state index in [1.165, 1.54) is 22.7 Å². The van der Waals surface area contributed by atoms with Crippen LogP contribution in [0.15, 0.2) is 71.9 Å². The Kier molecular flexibility index (Phi) is 6.14. The number of nitrogens with zero attached hydrogens (tertiary/aromatic N) is 2. The van der Waals surface area contributed by atoms with Gasteiger partial charge in [-0.25, -0.2) is 4.98 Å². The fraction of sp³-hybridized carbons (Fsp3) is 0.208. The van der Waals surface area contributed by atoms with Crippen molar-refractivity contribution >= 4 is 28.4 Å². The van der Waals surface area contributed by atoms with Gasteiger partial charge in [0, 0.05) is 5.56 Å². The fourth-order valence-electron chi connectivity index (χ4n) is 3.46. The Morgan fingerprint density at radius 3 is 2.63 bits per heavy atom. The Labute approximate surface area is 180 Å². The molecule has 4 aromatic rings. The van der Waals surface area contributed by atoms with Crippen molar-refractivity contribution in [2.45, 2.75) is 31.5 Å². The number of carbonyl (C=O) groups is 1. The molecular formula is C24H24N4OS. The number of hydrogen-bond acceptors (Lipinski definition) is 4. The number of amides is 1. The van der Waals surface area contributed by atoms with Crippen LogP contribution in [0.1, 0.15) is 31.0 Å². The Morgan fingerprint density at radius 2 is 1.83 bits per heavy atom. The molecule has 0 bridgehead atoms. The predicted molar refractivity (Wildman–Crippen MR) is 122 cm³/mol. The Morgan fingerprint density at radius 1 is 1.07 bits per heavy atom. The highest BCUT2D eigenvalue weighted by Gasteiger charge is 2.14. The average molecular weight is 417 g/mol. The van der Waals surface area contributed by atoms with E-state index in [0.29, 0.717) is 11.0 Å². The maximum atomic E-state index is 12.5. The number of rotatable bonds is 7. The standard InChI is InChI=1S/C24H24N4OS/c1-3-17-11-13-19(14-12-17)23-26-24(28-27-23)30-15-22(29)25-16(2)20-10-6-8-18-7-4-5-9-21(18)20/h4-14,16H,3,15H2,1-2H3,(H,25,29)(H,26,27,28)/t16-/m0/s1. The van der Waals surface area contributed by atoms with E-state index >= 15 is 0 Å². The maximum Gasteiger partial charge on any atom is 0.230 e. The van der Waals surface area contributed by atoms with Gasteiger partial charge in [-0.1, -0.05) is 85.4 Å². The molecule has 5 nitrogen and oxygen atoms in total. The molecule has 0 spiro atoms. The molecule has 0 aliphatic rings. The van der Waals surface area contributed by atoms with Crippen molar-refractivity contribution < 1.29 is 4.79 Å². The van der Waals surface area contributed by atoms with Crippen LogP contribution in [0, 0.1) is 0 Å². The van der Waals surface area contributed by atoms with Gasteiger partial charge in [0.2, 0.25) is 11.1 Å². The minimum absolute atomic E-state index is 0.0425. The van der Waals surface area contributed by atoms with Crippen LogP contribution in [-0.4, -0.2) is 26.8 Å². The number of H-pyrrole nitrogens is 1. The van der Waals surface area contributed by atoms with Crippen molar-refractivity contribution in [3.05, 3.63) is 77.9 Å². The lowest BCUT2D eigenvalue weighted by atomic mass is 10.00. The van der Waals surface area contributed by atoms with Gasteiger partial charge in [0.05, 0.1) is 11.8 Å². The second kappa shape index (κ2) is 9.13. The lowest BCUT2D eigenvalue weighted by Crippen LogP contribution is -2.28. The van der Waals surface area contributed by atoms with Gasteiger partial charge >= 0.3 is 0 Å². The van der Waals surface area contributed by atoms with Gasteiger partial charge in [-0.2, -0.15) is 0 Å². The van der Waals surface area contributed by atoms with Crippen LogP contribution >= 0.6 is 11.8 Å². The summed E-state index contributed by atoms with van der Waals surface area (Å²) in [6, 6.07) is 22.6. The summed E-state index contributed by atoms with van der Waals surface area (Å²) in [5.74, 6) is 0.935. The first-order valence-electron chi connectivity index (χ1n) is 10.1. The van der Waals surface area contributed by atoms with E-state index in [2.05, 4.69) is 63.8 Å². The van der Waals surface area contributed by atoms with Gasteiger partial charge in [0.25, 0.3) is 0 Å². The monoisotopic (exact) mass is 416 g/mol. The van der Waals surface area contributed by atoms with E-state index < -0.39 is 0 Å². The molecule has 0 saturated carbocycles. The molecule has 0 aliphatic carbocycles. The van der Waals surface area contributed by atoms with E-state index in [9.17, 15) is 4.79 Å². The third-order valence-corrected chi connectivity index (χ3v) is 5.95. The van der Waals surface area contributed by atoms with E-state index in [4.69, 9.17) is 0 Å². The van der Waals surface area contributed by atoms with Crippen molar-refractivity contribution in [1.82, 2.24) is 20.5 Å². The maximum absolute atomic E-state index is 12.5. The molecule has 1 aromatic heterocycles. The molecule has 0 radical (unpaired) electrons. The molecular weight excluding hydrogens is 392 g/mol. The van der Waals surface area contributed by atoms with Crippen LogP contribution in [0.25, 0.3) is 22.2 Å². The van der Waals surface area contributed by atoms with Crippen LogP contribution in [-0.2, 0) is 11.2 Å². The van der Waals surface area contributed by atoms with Crippen LogP contribution < -0.4 is 5.32 Å². The Bertz CT molecular complexity index is 1150. The highest BCUT2D eigenvalue weighted by atomic mass is 32.2. The zero-order chi connectivity index (χ0) is 20.9. The molecule has 152 valence electrons. The van der Waals surface area contributed by atoms with Gasteiger partial charge in [-0.3, -0.25) is 9.89 Å². The molecule has 30 heavy (non-hydrogen) atoms. The van der Waals surface area contributed by atoms with Crippen LogP contribution in [0.3, 0.4) is 0 Å². The van der Waals surface area contributed by atoms with E-state index in [1.807, 2.05) is 37.3 Å². The summed E-state index contributed by atoms with van der Waals surface area (Å²) >= 11 is 1.33. The van der Waals surface area contributed by atoms with Crippen molar-refractivity contribution in [2.24, 2.45) is 0 Å². The minimum Gasteiger partial charge on any atom is -0.349 e. The SMILES string of the molecule is CCc1ccc(-c2nc(SCC(=O)N[C@@H](C)c3cccc4ccccc34)n[nH]2)cc1. The first kappa shape index (κ1) is 20.2. The largest absolute Gasteiger partial charge is 0.349 e. The normalized spacial score (nSPS) is 12.1. The molecule has 1 heterocycles. The first-order chi connectivity index (χ1) is 14.6. The number of carbonyl (C=O) groups excluding carboxylic acids is 1. The topological polar surface area (TPSA) is 70.7 Å². The molecule has 0 fully saturated rings. The summed E-state index contributed by atoms with van der Waals surface area (Å²) in [5, 5.41) is 13.2. The molecule has 4 rings (SSSR count). The first-order valence-corrected chi connectivity index (χ1v) is 11.0. The number of thioether (sulfide) groups is 1. The van der Waals surface area contributed by atoms with E-state index in [-0.39, 0.29) is 17.7 Å².